The number of hydrogen-bond donors (Lipinski definition) is 2. The lowest BCUT2D eigenvalue weighted by molar-refractivity contribution is -0.122. The largest absolute Gasteiger partial charge is 0.447 e. The van der Waals surface area contributed by atoms with Crippen molar-refractivity contribution in [3.8, 4) is 0 Å². The molecule has 19 heavy (non-hydrogen) atoms. The molecule has 7 nitrogen and oxygen atoms in total. The number of piperazine rings is 1. The van der Waals surface area contributed by atoms with Crippen LogP contribution < -0.4 is 5.32 Å². The van der Waals surface area contributed by atoms with E-state index in [4.69, 9.17) is 9.84 Å². The van der Waals surface area contributed by atoms with E-state index in [0.717, 1.165) is 6.42 Å². The van der Waals surface area contributed by atoms with Gasteiger partial charge in [0, 0.05) is 32.7 Å². The van der Waals surface area contributed by atoms with Gasteiger partial charge >= 0.3 is 6.09 Å². The zero-order valence-corrected chi connectivity index (χ0v) is 11.4. The summed E-state index contributed by atoms with van der Waals surface area (Å²) >= 11 is 0. The van der Waals surface area contributed by atoms with Gasteiger partial charge in [-0.05, 0) is 6.42 Å². The van der Waals surface area contributed by atoms with Gasteiger partial charge in [-0.15, -0.1) is 0 Å². The van der Waals surface area contributed by atoms with Gasteiger partial charge in [0.25, 0.3) is 0 Å². The quantitative estimate of drug-likeness (QED) is 0.666. The molecule has 0 aromatic rings. The van der Waals surface area contributed by atoms with Crippen LogP contribution in [0.2, 0.25) is 0 Å². The molecule has 0 aromatic carbocycles. The summed E-state index contributed by atoms with van der Waals surface area (Å²) in [5.41, 5.74) is 0. The van der Waals surface area contributed by atoms with Crippen LogP contribution in [0.5, 0.6) is 0 Å². The molecule has 7 heteroatoms. The second-order valence-electron chi connectivity index (χ2n) is 4.45. The molecular weight excluding hydrogens is 250 g/mol. The van der Waals surface area contributed by atoms with E-state index in [0.29, 0.717) is 39.3 Å². The van der Waals surface area contributed by atoms with Crippen molar-refractivity contribution in [1.29, 1.82) is 0 Å². The molecule has 0 spiro atoms. The lowest BCUT2D eigenvalue weighted by Crippen LogP contribution is -2.51. The summed E-state index contributed by atoms with van der Waals surface area (Å²) in [4.78, 5) is 26.7. The Hall–Kier alpha value is -1.34. The highest BCUT2D eigenvalue weighted by molar-refractivity contribution is 5.78. The molecule has 1 saturated heterocycles. The molecule has 0 unspecified atom stereocenters. The Balaban J connectivity index is 2.21. The van der Waals surface area contributed by atoms with Gasteiger partial charge in [-0.25, -0.2) is 4.79 Å². The van der Waals surface area contributed by atoms with Crippen LogP contribution >= 0.6 is 0 Å². The lowest BCUT2D eigenvalue weighted by atomic mass is 10.3. The Morgan fingerprint density at radius 3 is 2.53 bits per heavy atom. The van der Waals surface area contributed by atoms with Gasteiger partial charge < -0.3 is 20.1 Å². The maximum atomic E-state index is 11.5. The molecule has 1 fully saturated rings. The summed E-state index contributed by atoms with van der Waals surface area (Å²) in [5, 5.41) is 11.4. The van der Waals surface area contributed by atoms with Crippen LogP contribution in [0, 0.1) is 0 Å². The first-order chi connectivity index (χ1) is 9.17. The maximum absolute atomic E-state index is 11.5. The third kappa shape index (κ3) is 5.89. The summed E-state index contributed by atoms with van der Waals surface area (Å²) in [6, 6.07) is 0. The van der Waals surface area contributed by atoms with Crippen LogP contribution in [-0.4, -0.2) is 79.4 Å². The molecule has 0 aliphatic carbocycles. The third-order valence-corrected chi connectivity index (χ3v) is 2.89. The molecule has 0 aromatic heterocycles. The van der Waals surface area contributed by atoms with E-state index in [1.165, 1.54) is 0 Å². The minimum Gasteiger partial charge on any atom is -0.447 e. The van der Waals surface area contributed by atoms with Gasteiger partial charge in [0.2, 0.25) is 5.91 Å². The van der Waals surface area contributed by atoms with Gasteiger partial charge in [-0.1, -0.05) is 6.92 Å². The summed E-state index contributed by atoms with van der Waals surface area (Å²) in [6.07, 6.45) is 0.528. The highest BCUT2D eigenvalue weighted by Crippen LogP contribution is 2.03. The van der Waals surface area contributed by atoms with Gasteiger partial charge in [0.15, 0.2) is 0 Å². The second-order valence-corrected chi connectivity index (χ2v) is 4.45. The molecule has 0 saturated carbocycles. The van der Waals surface area contributed by atoms with Crippen LogP contribution in [0.15, 0.2) is 0 Å². The number of carbonyl (C=O) groups excluding carboxylic acids is 2. The molecule has 2 amide bonds. The summed E-state index contributed by atoms with van der Waals surface area (Å²) in [6.45, 7) is 5.36. The third-order valence-electron chi connectivity index (χ3n) is 2.89. The zero-order valence-electron chi connectivity index (χ0n) is 11.4. The van der Waals surface area contributed by atoms with Crippen molar-refractivity contribution in [2.45, 2.75) is 13.3 Å². The standard InChI is InChI=1S/C12H23N3O4/c1-2-3-13-11(17)10-14-4-6-15(7-5-14)12(18)19-9-8-16/h16H,2-10H2,1H3,(H,13,17). The zero-order chi connectivity index (χ0) is 14.1. The molecule has 110 valence electrons. The van der Waals surface area contributed by atoms with E-state index >= 15 is 0 Å². The fourth-order valence-corrected chi connectivity index (χ4v) is 1.84. The predicted octanol–water partition coefficient (Wildman–Crippen LogP) is -0.741. The van der Waals surface area contributed by atoms with Crippen molar-refractivity contribution in [2.75, 3.05) is 52.5 Å². The average molecular weight is 273 g/mol. The van der Waals surface area contributed by atoms with Crippen LogP contribution in [0.3, 0.4) is 0 Å². The highest BCUT2D eigenvalue weighted by Gasteiger charge is 2.22. The summed E-state index contributed by atoms with van der Waals surface area (Å²) in [7, 11) is 0. The molecule has 0 atom stereocenters. The Labute approximate surface area is 113 Å². The molecule has 0 bridgehead atoms. The number of rotatable bonds is 6. The Bertz CT molecular complexity index is 291. The molecular formula is C12H23N3O4. The minimum atomic E-state index is -0.399. The maximum Gasteiger partial charge on any atom is 0.409 e. The van der Waals surface area contributed by atoms with E-state index in [-0.39, 0.29) is 19.1 Å². The number of aliphatic hydroxyl groups excluding tert-OH is 1. The molecule has 2 N–H and O–H groups in total. The number of carbonyl (C=O) groups is 2. The minimum absolute atomic E-state index is 0.0261. The first-order valence-electron chi connectivity index (χ1n) is 6.69. The van der Waals surface area contributed by atoms with E-state index in [9.17, 15) is 9.59 Å². The Morgan fingerprint density at radius 1 is 1.26 bits per heavy atom. The molecule has 1 aliphatic heterocycles. The summed E-state index contributed by atoms with van der Waals surface area (Å²) in [5.74, 6) is 0.0261. The van der Waals surface area contributed by atoms with Crippen LogP contribution in [0.25, 0.3) is 0 Å². The Morgan fingerprint density at radius 2 is 1.95 bits per heavy atom. The first kappa shape index (κ1) is 15.7. The van der Waals surface area contributed by atoms with Crippen LogP contribution in [-0.2, 0) is 9.53 Å². The number of aliphatic hydroxyl groups is 1. The fraction of sp³-hybridized carbons (Fsp3) is 0.833. The fourth-order valence-electron chi connectivity index (χ4n) is 1.84. The number of nitrogens with zero attached hydrogens (tertiary/aromatic N) is 2. The lowest BCUT2D eigenvalue weighted by Gasteiger charge is -2.33. The Kier molecular flexibility index (Phi) is 7.20. The number of amides is 2. The molecule has 1 heterocycles. The van der Waals surface area contributed by atoms with Crippen molar-refractivity contribution >= 4 is 12.0 Å². The predicted molar refractivity (Wildman–Crippen MR) is 69.7 cm³/mol. The van der Waals surface area contributed by atoms with Crippen molar-refractivity contribution in [3.05, 3.63) is 0 Å². The normalized spacial score (nSPS) is 16.2. The summed E-state index contributed by atoms with van der Waals surface area (Å²) < 4.78 is 4.84. The van der Waals surface area contributed by atoms with Crippen molar-refractivity contribution in [3.63, 3.8) is 0 Å². The van der Waals surface area contributed by atoms with E-state index in [2.05, 4.69) is 5.32 Å². The van der Waals surface area contributed by atoms with Gasteiger partial charge in [0.1, 0.15) is 6.61 Å². The van der Waals surface area contributed by atoms with Crippen LogP contribution in [0.1, 0.15) is 13.3 Å². The number of nitrogens with one attached hydrogen (secondary N) is 1. The monoisotopic (exact) mass is 273 g/mol. The topological polar surface area (TPSA) is 82.1 Å². The number of hydrogen-bond acceptors (Lipinski definition) is 5. The number of ether oxygens (including phenoxy) is 1. The van der Waals surface area contributed by atoms with Crippen LogP contribution in [0.4, 0.5) is 4.79 Å². The van der Waals surface area contributed by atoms with Gasteiger partial charge in [-0.2, -0.15) is 0 Å². The molecule has 1 aliphatic rings. The van der Waals surface area contributed by atoms with Crippen molar-refractivity contribution < 1.29 is 19.4 Å². The first-order valence-corrected chi connectivity index (χ1v) is 6.69. The van der Waals surface area contributed by atoms with E-state index in [1.807, 2.05) is 11.8 Å². The van der Waals surface area contributed by atoms with Crippen molar-refractivity contribution in [1.82, 2.24) is 15.1 Å². The average Bonchev–Trinajstić information content (AvgIpc) is 2.43. The molecule has 0 radical (unpaired) electrons. The van der Waals surface area contributed by atoms with Gasteiger partial charge in [-0.3, -0.25) is 9.69 Å². The molecule has 1 rings (SSSR count). The highest BCUT2D eigenvalue weighted by atomic mass is 16.6. The van der Waals surface area contributed by atoms with Gasteiger partial charge in [0.05, 0.1) is 13.2 Å². The SMILES string of the molecule is CCCNC(=O)CN1CCN(C(=O)OCCO)CC1. The van der Waals surface area contributed by atoms with Crippen molar-refractivity contribution in [2.24, 2.45) is 0 Å². The van der Waals surface area contributed by atoms with E-state index < -0.39 is 6.09 Å². The second kappa shape index (κ2) is 8.71. The van der Waals surface area contributed by atoms with E-state index in [1.54, 1.807) is 4.90 Å². The smallest absolute Gasteiger partial charge is 0.409 e.